The van der Waals surface area contributed by atoms with Gasteiger partial charge in [-0.1, -0.05) is 32.4 Å². The van der Waals surface area contributed by atoms with Crippen molar-refractivity contribution < 1.29 is 9.18 Å². The summed E-state index contributed by atoms with van der Waals surface area (Å²) in [4.78, 5) is 15.6. The van der Waals surface area contributed by atoms with Crippen LogP contribution >= 0.6 is 11.6 Å². The predicted molar refractivity (Wildman–Crippen MR) is 73.0 cm³/mol. The van der Waals surface area contributed by atoms with Crippen LogP contribution in [-0.2, 0) is 4.79 Å². The number of halogens is 2. The standard InChI is InChI=1S/C14H17ClFNO/c1-14(2,3)7-12(18)9-17-8-10-4-5-11(16)6-13(10)15/h4-6,8H,7,9H2,1-3H3. The molecule has 1 aromatic carbocycles. The SMILES string of the molecule is CC(C)(C)CC(=O)CN=Cc1ccc(F)cc1Cl. The Labute approximate surface area is 112 Å². The average Bonchev–Trinajstić information content (AvgIpc) is 2.18. The second-order valence-corrected chi connectivity index (χ2v) is 5.82. The third-order valence-corrected chi connectivity index (χ3v) is 2.52. The number of hydrogen-bond donors (Lipinski definition) is 0. The van der Waals surface area contributed by atoms with E-state index in [-0.39, 0.29) is 23.6 Å². The number of carbonyl (C=O) groups excluding carboxylic acids is 1. The van der Waals surface area contributed by atoms with Crippen LogP contribution in [0.3, 0.4) is 0 Å². The highest BCUT2D eigenvalue weighted by molar-refractivity contribution is 6.33. The van der Waals surface area contributed by atoms with Gasteiger partial charge in [-0.2, -0.15) is 0 Å². The van der Waals surface area contributed by atoms with Gasteiger partial charge in [0.15, 0.2) is 5.78 Å². The fourth-order valence-electron chi connectivity index (χ4n) is 1.50. The number of hydrogen-bond acceptors (Lipinski definition) is 2. The maximum atomic E-state index is 12.8. The molecule has 98 valence electrons. The van der Waals surface area contributed by atoms with Crippen molar-refractivity contribution in [3.05, 3.63) is 34.6 Å². The largest absolute Gasteiger partial charge is 0.298 e. The van der Waals surface area contributed by atoms with Gasteiger partial charge in [0.25, 0.3) is 0 Å². The molecule has 0 atom stereocenters. The Morgan fingerprint density at radius 3 is 2.67 bits per heavy atom. The van der Waals surface area contributed by atoms with Gasteiger partial charge in [-0.15, -0.1) is 0 Å². The van der Waals surface area contributed by atoms with E-state index in [4.69, 9.17) is 11.6 Å². The average molecular weight is 270 g/mol. The molecule has 0 amide bonds. The zero-order valence-electron chi connectivity index (χ0n) is 10.8. The second-order valence-electron chi connectivity index (χ2n) is 5.41. The summed E-state index contributed by atoms with van der Waals surface area (Å²) in [5, 5.41) is 0.294. The summed E-state index contributed by atoms with van der Waals surface area (Å²) < 4.78 is 12.8. The minimum atomic E-state index is -0.388. The van der Waals surface area contributed by atoms with Crippen molar-refractivity contribution in [1.29, 1.82) is 0 Å². The van der Waals surface area contributed by atoms with Crippen LogP contribution in [0.25, 0.3) is 0 Å². The van der Waals surface area contributed by atoms with Gasteiger partial charge in [-0.05, 0) is 23.6 Å². The first-order valence-corrected chi connectivity index (χ1v) is 6.12. The van der Waals surface area contributed by atoms with Crippen LogP contribution in [0, 0.1) is 11.2 Å². The van der Waals surface area contributed by atoms with Gasteiger partial charge in [-0.3, -0.25) is 9.79 Å². The topological polar surface area (TPSA) is 29.4 Å². The van der Waals surface area contributed by atoms with Crippen molar-refractivity contribution in [3.63, 3.8) is 0 Å². The molecule has 0 radical (unpaired) electrons. The first kappa shape index (κ1) is 14.8. The van der Waals surface area contributed by atoms with Crippen molar-refractivity contribution in [3.8, 4) is 0 Å². The van der Waals surface area contributed by atoms with E-state index in [1.54, 1.807) is 0 Å². The van der Waals surface area contributed by atoms with Gasteiger partial charge in [-0.25, -0.2) is 4.39 Å². The molecule has 1 rings (SSSR count). The van der Waals surface area contributed by atoms with Gasteiger partial charge in [0.05, 0.1) is 11.6 Å². The first-order chi connectivity index (χ1) is 8.28. The molecule has 0 aliphatic rings. The second kappa shape index (κ2) is 6.10. The Kier molecular flexibility index (Phi) is 5.03. The highest BCUT2D eigenvalue weighted by Gasteiger charge is 2.14. The van der Waals surface area contributed by atoms with Crippen molar-refractivity contribution in [2.45, 2.75) is 27.2 Å². The van der Waals surface area contributed by atoms with Crippen LogP contribution in [0.4, 0.5) is 4.39 Å². The highest BCUT2D eigenvalue weighted by Crippen LogP contribution is 2.19. The zero-order chi connectivity index (χ0) is 13.8. The highest BCUT2D eigenvalue weighted by atomic mass is 35.5. The molecule has 0 aliphatic heterocycles. The lowest BCUT2D eigenvalue weighted by Gasteiger charge is -2.15. The summed E-state index contributed by atoms with van der Waals surface area (Å²) in [7, 11) is 0. The van der Waals surface area contributed by atoms with E-state index in [0.717, 1.165) is 0 Å². The molecular formula is C14H17ClFNO. The molecule has 0 fully saturated rings. The fourth-order valence-corrected chi connectivity index (χ4v) is 1.72. The quantitative estimate of drug-likeness (QED) is 0.762. The fraction of sp³-hybridized carbons (Fsp3) is 0.429. The molecule has 0 aromatic heterocycles. The number of ketones is 1. The molecule has 0 aliphatic carbocycles. The zero-order valence-corrected chi connectivity index (χ0v) is 11.6. The Hall–Kier alpha value is -1.22. The molecule has 2 nitrogen and oxygen atoms in total. The number of benzene rings is 1. The van der Waals surface area contributed by atoms with Crippen LogP contribution in [0.15, 0.2) is 23.2 Å². The van der Waals surface area contributed by atoms with Gasteiger partial charge in [0, 0.05) is 18.2 Å². The molecular weight excluding hydrogens is 253 g/mol. The lowest BCUT2D eigenvalue weighted by Crippen LogP contribution is -2.14. The van der Waals surface area contributed by atoms with Crippen molar-refractivity contribution in [2.75, 3.05) is 6.54 Å². The Balaban J connectivity index is 2.58. The lowest BCUT2D eigenvalue weighted by atomic mass is 9.90. The summed E-state index contributed by atoms with van der Waals surface area (Å²) >= 11 is 5.84. The number of Topliss-reactive ketones (excluding diaryl/α,β-unsaturated/α-hetero) is 1. The van der Waals surface area contributed by atoms with Gasteiger partial charge in [0.1, 0.15) is 5.82 Å². The summed E-state index contributed by atoms with van der Waals surface area (Å²) in [5.74, 6) is -0.307. The van der Waals surface area contributed by atoms with E-state index < -0.39 is 0 Å². The molecule has 0 unspecified atom stereocenters. The normalized spacial score (nSPS) is 12.1. The molecule has 18 heavy (non-hydrogen) atoms. The van der Waals surface area contributed by atoms with Crippen molar-refractivity contribution in [1.82, 2.24) is 0 Å². The molecule has 0 saturated carbocycles. The smallest absolute Gasteiger partial charge is 0.154 e. The third-order valence-electron chi connectivity index (χ3n) is 2.19. The molecule has 0 heterocycles. The lowest BCUT2D eigenvalue weighted by molar-refractivity contribution is -0.119. The van der Waals surface area contributed by atoms with E-state index in [2.05, 4.69) is 4.99 Å². The Morgan fingerprint density at radius 1 is 1.44 bits per heavy atom. The van der Waals surface area contributed by atoms with E-state index in [1.165, 1.54) is 24.4 Å². The number of carbonyl (C=O) groups is 1. The van der Waals surface area contributed by atoms with Crippen LogP contribution in [0.2, 0.25) is 5.02 Å². The molecule has 0 bridgehead atoms. The van der Waals surface area contributed by atoms with Crippen LogP contribution in [0.5, 0.6) is 0 Å². The minimum absolute atomic E-state index is 0.0277. The minimum Gasteiger partial charge on any atom is -0.298 e. The molecule has 0 N–H and O–H groups in total. The van der Waals surface area contributed by atoms with Crippen LogP contribution < -0.4 is 0 Å². The third kappa shape index (κ3) is 5.41. The van der Waals surface area contributed by atoms with Crippen LogP contribution in [0.1, 0.15) is 32.8 Å². The van der Waals surface area contributed by atoms with Crippen molar-refractivity contribution >= 4 is 23.6 Å². The van der Waals surface area contributed by atoms with E-state index in [1.807, 2.05) is 20.8 Å². The molecule has 0 saturated heterocycles. The number of rotatable bonds is 4. The first-order valence-electron chi connectivity index (χ1n) is 5.74. The molecule has 1 aromatic rings. The van der Waals surface area contributed by atoms with Crippen molar-refractivity contribution in [2.24, 2.45) is 10.4 Å². The van der Waals surface area contributed by atoms with E-state index >= 15 is 0 Å². The summed E-state index contributed by atoms with van der Waals surface area (Å²) in [6.07, 6.45) is 1.99. The van der Waals surface area contributed by atoms with Gasteiger partial charge in [0.2, 0.25) is 0 Å². The molecule has 0 spiro atoms. The number of nitrogens with zero attached hydrogens (tertiary/aromatic N) is 1. The molecule has 4 heteroatoms. The predicted octanol–water partition coefficient (Wildman–Crippen LogP) is 3.90. The number of aliphatic imine (C=N–C) groups is 1. The summed E-state index contributed by atoms with van der Waals surface area (Å²) in [6, 6.07) is 4.07. The van der Waals surface area contributed by atoms with E-state index in [0.29, 0.717) is 17.0 Å². The van der Waals surface area contributed by atoms with Gasteiger partial charge >= 0.3 is 0 Å². The maximum absolute atomic E-state index is 12.8. The van der Waals surface area contributed by atoms with E-state index in [9.17, 15) is 9.18 Å². The van der Waals surface area contributed by atoms with Crippen LogP contribution in [-0.4, -0.2) is 18.5 Å². The summed E-state index contributed by atoms with van der Waals surface area (Å²) in [5.41, 5.74) is 0.585. The maximum Gasteiger partial charge on any atom is 0.154 e. The Morgan fingerprint density at radius 2 is 2.11 bits per heavy atom. The Bertz CT molecular complexity index is 463. The van der Waals surface area contributed by atoms with Gasteiger partial charge < -0.3 is 0 Å². The monoisotopic (exact) mass is 269 g/mol. The summed E-state index contributed by atoms with van der Waals surface area (Å²) in [6.45, 7) is 6.15.